The summed E-state index contributed by atoms with van der Waals surface area (Å²) >= 11 is 5.67. The molecule has 2 aromatic rings. The van der Waals surface area contributed by atoms with Crippen LogP contribution >= 0.6 is 11.6 Å². The van der Waals surface area contributed by atoms with Crippen molar-refractivity contribution in [3.05, 3.63) is 70.0 Å². The summed E-state index contributed by atoms with van der Waals surface area (Å²) in [6, 6.07) is 11.6. The molecular weight excluding hydrogens is 345 g/mol. The van der Waals surface area contributed by atoms with Gasteiger partial charge in [-0.3, -0.25) is 4.79 Å². The van der Waals surface area contributed by atoms with Crippen LogP contribution in [0.25, 0.3) is 0 Å². The van der Waals surface area contributed by atoms with Crippen molar-refractivity contribution < 1.29 is 18.7 Å². The molecule has 0 radical (unpaired) electrons. The Hall–Kier alpha value is -2.40. The first-order valence-corrected chi connectivity index (χ1v) is 8.35. The molecule has 4 nitrogen and oxygen atoms in total. The number of hydrogen-bond donors (Lipinski definition) is 0. The predicted molar refractivity (Wildman–Crippen MR) is 91.9 cm³/mol. The summed E-state index contributed by atoms with van der Waals surface area (Å²) in [5.74, 6) is -1.95. The van der Waals surface area contributed by atoms with Gasteiger partial charge in [-0.15, -0.1) is 0 Å². The Morgan fingerprint density at radius 2 is 1.92 bits per heavy atom. The van der Waals surface area contributed by atoms with E-state index in [0.29, 0.717) is 13.1 Å². The van der Waals surface area contributed by atoms with E-state index in [1.807, 2.05) is 24.3 Å². The molecule has 0 saturated heterocycles. The molecule has 1 aliphatic rings. The molecule has 0 spiro atoms. The van der Waals surface area contributed by atoms with Gasteiger partial charge in [-0.1, -0.05) is 35.9 Å². The number of amides is 1. The second-order valence-corrected chi connectivity index (χ2v) is 6.39. The highest BCUT2D eigenvalue weighted by Gasteiger charge is 2.27. The molecule has 1 heterocycles. The molecule has 0 aromatic heterocycles. The van der Waals surface area contributed by atoms with Gasteiger partial charge in [-0.25, -0.2) is 9.18 Å². The SMILES string of the molecule is C[C@H](OC(=O)c1ccc(Cl)cc1F)C(=O)N1CCc2ccccc2C1. The highest BCUT2D eigenvalue weighted by Crippen LogP contribution is 2.20. The van der Waals surface area contributed by atoms with Crippen LogP contribution in [0.4, 0.5) is 4.39 Å². The van der Waals surface area contributed by atoms with Gasteiger partial charge < -0.3 is 9.64 Å². The van der Waals surface area contributed by atoms with Crippen LogP contribution in [0.1, 0.15) is 28.4 Å². The van der Waals surface area contributed by atoms with E-state index in [1.165, 1.54) is 24.6 Å². The van der Waals surface area contributed by atoms with E-state index in [2.05, 4.69) is 0 Å². The molecule has 25 heavy (non-hydrogen) atoms. The Bertz CT molecular complexity index is 824. The Morgan fingerprint density at radius 3 is 2.64 bits per heavy atom. The van der Waals surface area contributed by atoms with Gasteiger partial charge in [0.15, 0.2) is 6.10 Å². The zero-order valence-corrected chi connectivity index (χ0v) is 14.4. The fourth-order valence-electron chi connectivity index (χ4n) is 2.87. The van der Waals surface area contributed by atoms with Crippen LogP contribution in [0.15, 0.2) is 42.5 Å². The van der Waals surface area contributed by atoms with Crippen molar-refractivity contribution in [3.63, 3.8) is 0 Å². The van der Waals surface area contributed by atoms with Crippen molar-refractivity contribution in [2.75, 3.05) is 6.54 Å². The second-order valence-electron chi connectivity index (χ2n) is 5.95. The molecule has 1 amide bonds. The largest absolute Gasteiger partial charge is 0.449 e. The van der Waals surface area contributed by atoms with E-state index < -0.39 is 17.9 Å². The van der Waals surface area contributed by atoms with E-state index in [4.69, 9.17) is 16.3 Å². The lowest BCUT2D eigenvalue weighted by Crippen LogP contribution is -2.42. The molecule has 6 heteroatoms. The van der Waals surface area contributed by atoms with Crippen LogP contribution in [0, 0.1) is 5.82 Å². The third kappa shape index (κ3) is 3.82. The average molecular weight is 362 g/mol. The second kappa shape index (κ2) is 7.23. The van der Waals surface area contributed by atoms with E-state index >= 15 is 0 Å². The molecule has 2 aromatic carbocycles. The minimum absolute atomic E-state index is 0.185. The summed E-state index contributed by atoms with van der Waals surface area (Å²) in [6.45, 7) is 2.54. The van der Waals surface area contributed by atoms with Crippen LogP contribution in [-0.2, 0) is 22.5 Å². The van der Waals surface area contributed by atoms with Crippen molar-refractivity contribution in [2.45, 2.75) is 26.0 Å². The highest BCUT2D eigenvalue weighted by atomic mass is 35.5. The van der Waals surface area contributed by atoms with Crippen molar-refractivity contribution in [3.8, 4) is 0 Å². The number of nitrogens with zero attached hydrogens (tertiary/aromatic N) is 1. The van der Waals surface area contributed by atoms with Crippen LogP contribution in [0.2, 0.25) is 5.02 Å². The minimum Gasteiger partial charge on any atom is -0.449 e. The summed E-state index contributed by atoms with van der Waals surface area (Å²) in [5.41, 5.74) is 2.07. The van der Waals surface area contributed by atoms with Crippen molar-refractivity contribution >= 4 is 23.5 Å². The average Bonchev–Trinajstić information content (AvgIpc) is 2.60. The van der Waals surface area contributed by atoms with Gasteiger partial charge in [-0.2, -0.15) is 0 Å². The number of rotatable bonds is 3. The van der Waals surface area contributed by atoms with E-state index in [1.54, 1.807) is 4.90 Å². The third-order valence-electron chi connectivity index (χ3n) is 4.22. The monoisotopic (exact) mass is 361 g/mol. The van der Waals surface area contributed by atoms with Crippen molar-refractivity contribution in [1.29, 1.82) is 0 Å². The van der Waals surface area contributed by atoms with Gasteiger partial charge in [-0.05, 0) is 42.7 Å². The number of esters is 1. The number of carbonyl (C=O) groups excluding carboxylic acids is 2. The predicted octanol–water partition coefficient (Wildman–Crippen LogP) is 3.61. The van der Waals surface area contributed by atoms with E-state index in [9.17, 15) is 14.0 Å². The molecular formula is C19H17ClFNO3. The Labute approximate surface area is 150 Å². The zero-order chi connectivity index (χ0) is 18.0. The topological polar surface area (TPSA) is 46.6 Å². The van der Waals surface area contributed by atoms with Gasteiger partial charge in [0.1, 0.15) is 5.82 Å². The van der Waals surface area contributed by atoms with Crippen molar-refractivity contribution in [1.82, 2.24) is 4.90 Å². The van der Waals surface area contributed by atoms with Gasteiger partial charge in [0.2, 0.25) is 0 Å². The molecule has 0 fully saturated rings. The minimum atomic E-state index is -0.993. The summed E-state index contributed by atoms with van der Waals surface area (Å²) in [5, 5.41) is 0.185. The van der Waals surface area contributed by atoms with Crippen LogP contribution in [-0.4, -0.2) is 29.4 Å². The normalized spacial score (nSPS) is 14.6. The van der Waals surface area contributed by atoms with Crippen LogP contribution < -0.4 is 0 Å². The first-order valence-electron chi connectivity index (χ1n) is 7.97. The maximum atomic E-state index is 13.8. The van der Waals surface area contributed by atoms with Crippen LogP contribution in [0.5, 0.6) is 0 Å². The number of benzene rings is 2. The third-order valence-corrected chi connectivity index (χ3v) is 4.46. The van der Waals surface area contributed by atoms with E-state index in [-0.39, 0.29) is 16.5 Å². The van der Waals surface area contributed by atoms with E-state index in [0.717, 1.165) is 18.1 Å². The lowest BCUT2D eigenvalue weighted by molar-refractivity contribution is -0.140. The first-order chi connectivity index (χ1) is 12.0. The Balaban J connectivity index is 1.66. The standard InChI is InChI=1S/C19H17ClFNO3/c1-12(25-19(24)16-7-6-15(20)10-17(16)21)18(23)22-9-8-13-4-2-3-5-14(13)11-22/h2-7,10,12H,8-9,11H2,1H3/t12-/m0/s1. The molecule has 0 saturated carbocycles. The lowest BCUT2D eigenvalue weighted by Gasteiger charge is -2.30. The maximum Gasteiger partial charge on any atom is 0.341 e. The maximum absolute atomic E-state index is 13.8. The zero-order valence-electron chi connectivity index (χ0n) is 13.7. The first kappa shape index (κ1) is 17.4. The Kier molecular flexibility index (Phi) is 5.04. The molecule has 0 aliphatic carbocycles. The fraction of sp³-hybridized carbons (Fsp3) is 0.263. The number of halogens is 2. The summed E-state index contributed by atoms with van der Waals surface area (Å²) < 4.78 is 18.9. The summed E-state index contributed by atoms with van der Waals surface area (Å²) in [7, 11) is 0. The molecule has 0 bridgehead atoms. The molecule has 0 unspecified atom stereocenters. The highest BCUT2D eigenvalue weighted by molar-refractivity contribution is 6.30. The van der Waals surface area contributed by atoms with Gasteiger partial charge in [0, 0.05) is 18.1 Å². The number of fused-ring (bicyclic) bond motifs is 1. The van der Waals surface area contributed by atoms with Crippen molar-refractivity contribution in [2.24, 2.45) is 0 Å². The van der Waals surface area contributed by atoms with Crippen LogP contribution in [0.3, 0.4) is 0 Å². The lowest BCUT2D eigenvalue weighted by atomic mass is 9.99. The smallest absolute Gasteiger partial charge is 0.341 e. The number of carbonyl (C=O) groups is 2. The molecule has 0 N–H and O–H groups in total. The molecule has 1 aliphatic heterocycles. The quantitative estimate of drug-likeness (QED) is 0.785. The molecule has 130 valence electrons. The number of hydrogen-bond acceptors (Lipinski definition) is 3. The van der Waals surface area contributed by atoms with Gasteiger partial charge in [0.05, 0.1) is 5.56 Å². The number of ether oxygens (including phenoxy) is 1. The molecule has 1 atom stereocenters. The fourth-order valence-corrected chi connectivity index (χ4v) is 3.03. The van der Waals surface area contributed by atoms with Gasteiger partial charge >= 0.3 is 5.97 Å². The van der Waals surface area contributed by atoms with Gasteiger partial charge in [0.25, 0.3) is 5.91 Å². The summed E-state index contributed by atoms with van der Waals surface area (Å²) in [4.78, 5) is 26.3. The summed E-state index contributed by atoms with van der Waals surface area (Å²) in [6.07, 6.45) is -0.234. The Morgan fingerprint density at radius 1 is 1.20 bits per heavy atom. The molecule has 3 rings (SSSR count).